The van der Waals surface area contributed by atoms with Crippen molar-refractivity contribution in [1.82, 2.24) is 29.5 Å². The van der Waals surface area contributed by atoms with E-state index >= 15 is 0 Å². The van der Waals surface area contributed by atoms with Gasteiger partial charge in [0.25, 0.3) is 0 Å². The number of hydrogen-bond donors (Lipinski definition) is 1. The van der Waals surface area contributed by atoms with E-state index in [-0.39, 0.29) is 11.0 Å². The van der Waals surface area contributed by atoms with Gasteiger partial charge in [0.15, 0.2) is 5.82 Å². The molecule has 0 spiro atoms. The fraction of sp³-hybridized carbons (Fsp3) is 0.143. The monoisotopic (exact) mass is 402 g/mol. The van der Waals surface area contributed by atoms with E-state index < -0.39 is 5.97 Å². The summed E-state index contributed by atoms with van der Waals surface area (Å²) in [7, 11) is 1.81. The Morgan fingerprint density at radius 1 is 1.20 bits per heavy atom. The second-order valence-electron chi connectivity index (χ2n) is 6.82. The van der Waals surface area contributed by atoms with Crippen LogP contribution >= 0.6 is 0 Å². The summed E-state index contributed by atoms with van der Waals surface area (Å²) in [4.78, 5) is 32.0. The van der Waals surface area contributed by atoms with E-state index in [1.54, 1.807) is 28.7 Å². The molecule has 0 bridgehead atoms. The highest BCUT2D eigenvalue weighted by atomic mass is 16.4. The number of carboxylic acid groups (broad SMARTS) is 1. The molecule has 0 saturated carbocycles. The predicted molar refractivity (Wildman–Crippen MR) is 109 cm³/mol. The molecule has 3 heterocycles. The minimum Gasteiger partial charge on any atom is -0.478 e. The van der Waals surface area contributed by atoms with Gasteiger partial charge in [-0.3, -0.25) is 9.48 Å². The number of aromatic nitrogens is 6. The third-order valence-corrected chi connectivity index (χ3v) is 4.60. The van der Waals surface area contributed by atoms with E-state index in [0.29, 0.717) is 23.6 Å². The van der Waals surface area contributed by atoms with Crippen LogP contribution in [-0.2, 0) is 13.5 Å². The molecule has 0 atom stereocenters. The van der Waals surface area contributed by atoms with Gasteiger partial charge in [-0.25, -0.2) is 19.4 Å². The molecule has 0 aliphatic rings. The molecule has 9 nitrogen and oxygen atoms in total. The Balaban J connectivity index is 1.65. The lowest BCUT2D eigenvalue weighted by atomic mass is 10.1. The zero-order chi connectivity index (χ0) is 21.3. The van der Waals surface area contributed by atoms with Gasteiger partial charge in [-0.05, 0) is 18.6 Å². The predicted octanol–water partition coefficient (Wildman–Crippen LogP) is 2.02. The number of carboxylic acids is 1. The van der Waals surface area contributed by atoms with E-state index in [4.69, 9.17) is 5.11 Å². The van der Waals surface area contributed by atoms with Gasteiger partial charge < -0.3 is 5.11 Å². The second kappa shape index (κ2) is 7.70. The maximum Gasteiger partial charge on any atom is 0.339 e. The van der Waals surface area contributed by atoms with Crippen LogP contribution in [0.25, 0.3) is 17.1 Å². The highest BCUT2D eigenvalue weighted by molar-refractivity contribution is 5.88. The van der Waals surface area contributed by atoms with Gasteiger partial charge in [-0.1, -0.05) is 18.2 Å². The fourth-order valence-corrected chi connectivity index (χ4v) is 3.07. The Kier molecular flexibility index (Phi) is 4.93. The van der Waals surface area contributed by atoms with E-state index in [1.165, 1.54) is 12.3 Å². The molecule has 0 saturated heterocycles. The zero-order valence-corrected chi connectivity index (χ0v) is 16.4. The zero-order valence-electron chi connectivity index (χ0n) is 16.4. The number of nitrogens with zero attached hydrogens (tertiary/aromatic N) is 6. The normalized spacial score (nSPS) is 10.9. The molecule has 0 fully saturated rings. The number of hydrogen-bond acceptors (Lipinski definition) is 6. The smallest absolute Gasteiger partial charge is 0.339 e. The number of carbonyl (C=O) groups is 1. The second-order valence-corrected chi connectivity index (χ2v) is 6.82. The van der Waals surface area contributed by atoms with Gasteiger partial charge in [0, 0.05) is 37.5 Å². The average molecular weight is 402 g/mol. The third-order valence-electron chi connectivity index (χ3n) is 4.60. The summed E-state index contributed by atoms with van der Waals surface area (Å²) in [6, 6.07) is 8.93. The van der Waals surface area contributed by atoms with Gasteiger partial charge in [-0.2, -0.15) is 10.2 Å². The number of rotatable bonds is 5. The number of aromatic carboxylic acids is 1. The summed E-state index contributed by atoms with van der Waals surface area (Å²) in [5, 5.41) is 17.7. The Bertz CT molecular complexity index is 1310. The first kappa shape index (κ1) is 19.2. The molecule has 1 aromatic carbocycles. The molecular weight excluding hydrogens is 384 g/mol. The lowest BCUT2D eigenvalue weighted by Crippen LogP contribution is -2.16. The molecule has 0 unspecified atom stereocenters. The molecule has 0 amide bonds. The van der Waals surface area contributed by atoms with Crippen molar-refractivity contribution in [3.05, 3.63) is 87.9 Å². The quantitative estimate of drug-likeness (QED) is 0.543. The largest absolute Gasteiger partial charge is 0.478 e. The minimum absolute atomic E-state index is 0.0688. The Labute approximate surface area is 171 Å². The average Bonchev–Trinajstić information content (AvgIpc) is 3.16. The van der Waals surface area contributed by atoms with E-state index in [0.717, 1.165) is 16.8 Å². The van der Waals surface area contributed by atoms with Gasteiger partial charge in [0.2, 0.25) is 5.43 Å². The van der Waals surface area contributed by atoms with Crippen LogP contribution in [0.3, 0.4) is 0 Å². The van der Waals surface area contributed by atoms with Crippen LogP contribution in [0.4, 0.5) is 0 Å². The molecule has 4 aromatic rings. The molecule has 30 heavy (non-hydrogen) atoms. The van der Waals surface area contributed by atoms with Crippen LogP contribution < -0.4 is 5.43 Å². The standard InChI is InChI=1S/C21H18N6O3/c1-13-17(21(29)30)11-22-20(24-13)15-5-3-4-14(8-15)9-18-19(28)6-7-27(25-18)16-10-23-26(2)12-16/h3-8,10-12H,9H2,1-2H3,(H,29,30). The molecule has 4 rings (SSSR count). The summed E-state index contributed by atoms with van der Waals surface area (Å²) in [5.74, 6) is -0.638. The Morgan fingerprint density at radius 2 is 2.03 bits per heavy atom. The van der Waals surface area contributed by atoms with Crippen molar-refractivity contribution < 1.29 is 9.90 Å². The molecule has 1 N–H and O–H groups in total. The van der Waals surface area contributed by atoms with Crippen LogP contribution in [0, 0.1) is 6.92 Å². The van der Waals surface area contributed by atoms with Crippen molar-refractivity contribution in [2.24, 2.45) is 7.05 Å². The molecule has 0 aliphatic heterocycles. The lowest BCUT2D eigenvalue weighted by molar-refractivity contribution is 0.0695. The van der Waals surface area contributed by atoms with E-state index in [9.17, 15) is 9.59 Å². The summed E-state index contributed by atoms with van der Waals surface area (Å²) in [6.45, 7) is 1.63. The van der Waals surface area contributed by atoms with E-state index in [2.05, 4.69) is 20.2 Å². The topological polar surface area (TPSA) is 116 Å². The van der Waals surface area contributed by atoms with E-state index in [1.807, 2.05) is 37.5 Å². The van der Waals surface area contributed by atoms with Crippen LogP contribution in [-0.4, -0.2) is 40.6 Å². The third kappa shape index (κ3) is 3.86. The van der Waals surface area contributed by atoms with Crippen LogP contribution in [0.15, 0.2) is 59.9 Å². The summed E-state index contributed by atoms with van der Waals surface area (Å²) < 4.78 is 3.28. The first-order valence-electron chi connectivity index (χ1n) is 9.15. The van der Waals surface area contributed by atoms with Crippen LogP contribution in [0.2, 0.25) is 0 Å². The van der Waals surface area contributed by atoms with Crippen molar-refractivity contribution in [2.75, 3.05) is 0 Å². The minimum atomic E-state index is -1.06. The van der Waals surface area contributed by atoms with Crippen molar-refractivity contribution in [1.29, 1.82) is 0 Å². The molecule has 0 radical (unpaired) electrons. The first-order chi connectivity index (χ1) is 14.4. The highest BCUT2D eigenvalue weighted by Gasteiger charge is 2.12. The van der Waals surface area contributed by atoms with Gasteiger partial charge in [0.05, 0.1) is 23.7 Å². The first-order valence-corrected chi connectivity index (χ1v) is 9.15. The van der Waals surface area contributed by atoms with Crippen LogP contribution in [0.1, 0.15) is 27.3 Å². The maximum absolute atomic E-state index is 12.3. The van der Waals surface area contributed by atoms with Crippen molar-refractivity contribution >= 4 is 5.97 Å². The molecule has 9 heteroatoms. The maximum atomic E-state index is 12.3. The lowest BCUT2D eigenvalue weighted by Gasteiger charge is -2.08. The van der Waals surface area contributed by atoms with Crippen molar-refractivity contribution in [2.45, 2.75) is 13.3 Å². The fourth-order valence-electron chi connectivity index (χ4n) is 3.07. The Hall–Kier alpha value is -4.14. The molecule has 3 aromatic heterocycles. The highest BCUT2D eigenvalue weighted by Crippen LogP contribution is 2.19. The SMILES string of the molecule is Cc1nc(-c2cccc(Cc3nn(-c4cnn(C)c4)ccc3=O)c2)ncc1C(=O)O. The van der Waals surface area contributed by atoms with Crippen molar-refractivity contribution in [3.63, 3.8) is 0 Å². The number of aryl methyl sites for hydroxylation is 2. The Morgan fingerprint density at radius 3 is 2.73 bits per heavy atom. The van der Waals surface area contributed by atoms with Crippen molar-refractivity contribution in [3.8, 4) is 17.1 Å². The van der Waals surface area contributed by atoms with Gasteiger partial charge in [-0.15, -0.1) is 0 Å². The molecule has 150 valence electrons. The molecule has 0 aliphatic carbocycles. The number of benzene rings is 1. The van der Waals surface area contributed by atoms with Gasteiger partial charge in [0.1, 0.15) is 11.4 Å². The summed E-state index contributed by atoms with van der Waals surface area (Å²) >= 11 is 0. The van der Waals surface area contributed by atoms with Crippen LogP contribution in [0.5, 0.6) is 0 Å². The summed E-state index contributed by atoms with van der Waals surface area (Å²) in [5.41, 5.74) is 3.06. The van der Waals surface area contributed by atoms with Gasteiger partial charge >= 0.3 is 5.97 Å². The molecular formula is C21H18N6O3. The summed E-state index contributed by atoms with van der Waals surface area (Å²) in [6.07, 6.45) is 6.72.